The van der Waals surface area contributed by atoms with Gasteiger partial charge < -0.3 is 4.74 Å². The molecule has 1 aromatic rings. The number of Topliss-reactive ketones (excluding diaryl/α,β-unsaturated/α-hetero) is 1. The Morgan fingerprint density at radius 2 is 2.00 bits per heavy atom. The second-order valence-corrected chi connectivity index (χ2v) is 4.05. The number of rotatable bonds is 6. The number of ether oxygens (including phenoxy) is 1. The van der Waals surface area contributed by atoms with Gasteiger partial charge in [0.25, 0.3) is 5.56 Å². The molecule has 0 aliphatic rings. The lowest BCUT2D eigenvalue weighted by molar-refractivity contribution is 0.101. The van der Waals surface area contributed by atoms with Gasteiger partial charge in [0.2, 0.25) is 0 Å². The van der Waals surface area contributed by atoms with E-state index in [2.05, 4.69) is 0 Å². The van der Waals surface area contributed by atoms with E-state index in [1.165, 1.54) is 24.7 Å². The quantitative estimate of drug-likeness (QED) is 0.536. The van der Waals surface area contributed by atoms with Crippen LogP contribution in [0.15, 0.2) is 15.8 Å². The maximum absolute atomic E-state index is 11.8. The number of hydrogen-bond acceptors (Lipinski definition) is 4. The molecule has 0 aromatic carbocycles. The summed E-state index contributed by atoms with van der Waals surface area (Å²) in [6.45, 7) is 4.63. The van der Waals surface area contributed by atoms with E-state index in [1.54, 1.807) is 0 Å². The maximum Gasteiger partial charge on any atom is 0.330 e. The van der Waals surface area contributed by atoms with E-state index in [0.717, 1.165) is 11.0 Å². The van der Waals surface area contributed by atoms with Crippen molar-refractivity contribution in [1.82, 2.24) is 9.13 Å². The molecule has 6 nitrogen and oxygen atoms in total. The van der Waals surface area contributed by atoms with Gasteiger partial charge in [0.1, 0.15) is 0 Å². The van der Waals surface area contributed by atoms with Gasteiger partial charge in [0.05, 0.1) is 18.7 Å². The summed E-state index contributed by atoms with van der Waals surface area (Å²) in [6.07, 6.45) is 2.21. The van der Waals surface area contributed by atoms with Crippen molar-refractivity contribution < 1.29 is 9.53 Å². The van der Waals surface area contributed by atoms with Crippen LogP contribution in [0.25, 0.3) is 0 Å². The third-order valence-corrected chi connectivity index (χ3v) is 2.56. The Hall–Kier alpha value is -1.69. The highest BCUT2D eigenvalue weighted by atomic mass is 16.5. The summed E-state index contributed by atoms with van der Waals surface area (Å²) in [5.41, 5.74) is -0.976. The highest BCUT2D eigenvalue weighted by Gasteiger charge is 2.11. The molecule has 0 saturated heterocycles. The van der Waals surface area contributed by atoms with Crippen LogP contribution < -0.4 is 11.2 Å². The SMILES string of the molecule is CCCOCCn1cc(C(C)=O)c(=O)n(C)c1=O. The van der Waals surface area contributed by atoms with Gasteiger partial charge in [-0.3, -0.25) is 18.7 Å². The lowest BCUT2D eigenvalue weighted by Gasteiger charge is -2.09. The van der Waals surface area contributed by atoms with Crippen molar-refractivity contribution in [3.63, 3.8) is 0 Å². The predicted molar refractivity (Wildman–Crippen MR) is 67.1 cm³/mol. The molecule has 1 heterocycles. The Bertz CT molecular complexity index is 542. The summed E-state index contributed by atoms with van der Waals surface area (Å²) >= 11 is 0. The van der Waals surface area contributed by atoms with Crippen molar-refractivity contribution in [3.05, 3.63) is 32.6 Å². The van der Waals surface area contributed by atoms with Crippen molar-refractivity contribution in [2.45, 2.75) is 26.8 Å². The second-order valence-electron chi connectivity index (χ2n) is 4.05. The van der Waals surface area contributed by atoms with E-state index in [-0.39, 0.29) is 11.3 Å². The molecule has 0 atom stereocenters. The molecule has 0 aliphatic carbocycles. The van der Waals surface area contributed by atoms with Crippen LogP contribution in [-0.4, -0.2) is 28.1 Å². The fourth-order valence-electron chi connectivity index (χ4n) is 1.54. The smallest absolute Gasteiger partial charge is 0.330 e. The van der Waals surface area contributed by atoms with Gasteiger partial charge >= 0.3 is 5.69 Å². The maximum atomic E-state index is 11.8. The fraction of sp³-hybridized carbons (Fsp3) is 0.583. The van der Waals surface area contributed by atoms with Crippen molar-refractivity contribution in [2.24, 2.45) is 7.05 Å². The molecule has 0 spiro atoms. The van der Waals surface area contributed by atoms with Crippen LogP contribution in [0, 0.1) is 0 Å². The number of hydrogen-bond donors (Lipinski definition) is 0. The van der Waals surface area contributed by atoms with Crippen molar-refractivity contribution in [2.75, 3.05) is 13.2 Å². The number of nitrogens with zero attached hydrogens (tertiary/aromatic N) is 2. The van der Waals surface area contributed by atoms with Gasteiger partial charge in [-0.25, -0.2) is 4.79 Å². The molecule has 0 aliphatic heterocycles. The zero-order valence-electron chi connectivity index (χ0n) is 10.9. The molecule has 0 N–H and O–H groups in total. The second kappa shape index (κ2) is 6.30. The highest BCUT2D eigenvalue weighted by Crippen LogP contribution is 1.92. The van der Waals surface area contributed by atoms with Gasteiger partial charge in [0.15, 0.2) is 5.78 Å². The topological polar surface area (TPSA) is 70.3 Å². The van der Waals surface area contributed by atoms with Gasteiger partial charge in [-0.05, 0) is 13.3 Å². The number of ketones is 1. The number of aromatic nitrogens is 2. The lowest BCUT2D eigenvalue weighted by atomic mass is 10.2. The van der Waals surface area contributed by atoms with Crippen LogP contribution in [0.2, 0.25) is 0 Å². The summed E-state index contributed by atoms with van der Waals surface area (Å²) in [7, 11) is 1.36. The minimum atomic E-state index is -0.557. The summed E-state index contributed by atoms with van der Waals surface area (Å²) in [5.74, 6) is -0.348. The average Bonchev–Trinajstić information content (AvgIpc) is 2.33. The first kappa shape index (κ1) is 14.4. The first-order valence-electron chi connectivity index (χ1n) is 5.88. The average molecular weight is 254 g/mol. The molecular weight excluding hydrogens is 236 g/mol. The van der Waals surface area contributed by atoms with E-state index >= 15 is 0 Å². The molecule has 0 amide bonds. The Balaban J connectivity index is 3.02. The van der Waals surface area contributed by atoms with Gasteiger partial charge in [-0.1, -0.05) is 6.92 Å². The van der Waals surface area contributed by atoms with Gasteiger partial charge in [-0.15, -0.1) is 0 Å². The van der Waals surface area contributed by atoms with Crippen LogP contribution in [0.5, 0.6) is 0 Å². The van der Waals surface area contributed by atoms with Crippen molar-refractivity contribution >= 4 is 5.78 Å². The van der Waals surface area contributed by atoms with E-state index in [0.29, 0.717) is 19.8 Å². The van der Waals surface area contributed by atoms with Crippen LogP contribution in [0.4, 0.5) is 0 Å². The fourth-order valence-corrected chi connectivity index (χ4v) is 1.54. The molecular formula is C12H18N2O4. The van der Waals surface area contributed by atoms with E-state index < -0.39 is 11.2 Å². The first-order valence-corrected chi connectivity index (χ1v) is 5.88. The van der Waals surface area contributed by atoms with E-state index in [4.69, 9.17) is 4.74 Å². The molecule has 100 valence electrons. The Morgan fingerprint density at radius 1 is 1.33 bits per heavy atom. The first-order chi connectivity index (χ1) is 8.49. The molecule has 0 unspecified atom stereocenters. The molecule has 0 radical (unpaired) electrons. The van der Waals surface area contributed by atoms with Crippen LogP contribution in [0.1, 0.15) is 30.6 Å². The summed E-state index contributed by atoms with van der Waals surface area (Å²) in [4.78, 5) is 34.7. The minimum absolute atomic E-state index is 0.0209. The number of carbonyl (C=O) groups is 1. The van der Waals surface area contributed by atoms with Crippen LogP contribution >= 0.6 is 0 Å². The summed E-state index contributed by atoms with van der Waals surface area (Å²) in [6, 6.07) is 0. The monoisotopic (exact) mass is 254 g/mol. The molecule has 0 saturated carbocycles. The third kappa shape index (κ3) is 3.16. The molecule has 1 aromatic heterocycles. The summed E-state index contributed by atoms with van der Waals surface area (Å²) < 4.78 is 7.55. The molecule has 0 bridgehead atoms. The normalized spacial score (nSPS) is 10.6. The lowest BCUT2D eigenvalue weighted by Crippen LogP contribution is -2.40. The summed E-state index contributed by atoms with van der Waals surface area (Å²) in [5, 5.41) is 0. The van der Waals surface area contributed by atoms with Crippen LogP contribution in [0.3, 0.4) is 0 Å². The molecule has 0 fully saturated rings. The predicted octanol–water partition coefficient (Wildman–Crippen LogP) is 0.176. The Kier molecular flexibility index (Phi) is 5.03. The van der Waals surface area contributed by atoms with Gasteiger partial charge in [0, 0.05) is 19.9 Å². The third-order valence-electron chi connectivity index (χ3n) is 2.56. The Morgan fingerprint density at radius 3 is 2.56 bits per heavy atom. The zero-order valence-corrected chi connectivity index (χ0v) is 10.9. The number of carbonyl (C=O) groups excluding carboxylic acids is 1. The van der Waals surface area contributed by atoms with Gasteiger partial charge in [-0.2, -0.15) is 0 Å². The van der Waals surface area contributed by atoms with Crippen molar-refractivity contribution in [3.8, 4) is 0 Å². The minimum Gasteiger partial charge on any atom is -0.380 e. The standard InChI is InChI=1S/C12H18N2O4/c1-4-6-18-7-5-14-8-10(9(2)15)11(16)13(3)12(14)17/h8H,4-7H2,1-3H3. The highest BCUT2D eigenvalue weighted by molar-refractivity contribution is 5.93. The zero-order chi connectivity index (χ0) is 13.7. The molecule has 6 heteroatoms. The Labute approximate surface area is 105 Å². The largest absolute Gasteiger partial charge is 0.380 e. The molecule has 1 rings (SSSR count). The molecule has 18 heavy (non-hydrogen) atoms. The van der Waals surface area contributed by atoms with Crippen LogP contribution in [-0.2, 0) is 18.3 Å². The van der Waals surface area contributed by atoms with E-state index in [1.807, 2.05) is 6.92 Å². The van der Waals surface area contributed by atoms with Crippen molar-refractivity contribution in [1.29, 1.82) is 0 Å². The van der Waals surface area contributed by atoms with E-state index in [9.17, 15) is 14.4 Å².